The van der Waals surface area contributed by atoms with Crippen molar-refractivity contribution in [1.29, 1.82) is 0 Å². The lowest BCUT2D eigenvalue weighted by Gasteiger charge is -2.03. The van der Waals surface area contributed by atoms with Crippen LogP contribution in [0.25, 0.3) is 11.3 Å². The molecule has 0 saturated carbocycles. The summed E-state index contributed by atoms with van der Waals surface area (Å²) in [6, 6.07) is 15.6. The molecule has 0 amide bonds. The fraction of sp³-hybridized carbons (Fsp3) is 0.118. The molecule has 112 valence electrons. The zero-order chi connectivity index (χ0) is 15.5. The molecule has 3 N–H and O–H groups in total. The average Bonchev–Trinajstić information content (AvgIpc) is 2.88. The predicted molar refractivity (Wildman–Crippen MR) is 93.0 cm³/mol. The van der Waals surface area contributed by atoms with E-state index in [-0.39, 0.29) is 0 Å². The number of rotatable bonds is 4. The highest BCUT2D eigenvalue weighted by Gasteiger charge is 2.10. The van der Waals surface area contributed by atoms with E-state index in [1.807, 2.05) is 48.5 Å². The SMILES string of the molecule is COc1ccc(-c2nc(Nc3cccc(N)c3)sc2C)cc1. The van der Waals surface area contributed by atoms with E-state index in [1.165, 1.54) is 0 Å². The van der Waals surface area contributed by atoms with Crippen LogP contribution < -0.4 is 15.8 Å². The van der Waals surface area contributed by atoms with E-state index in [2.05, 4.69) is 17.2 Å². The Balaban J connectivity index is 1.86. The van der Waals surface area contributed by atoms with Gasteiger partial charge in [0, 0.05) is 21.8 Å². The molecule has 0 radical (unpaired) electrons. The first-order chi connectivity index (χ1) is 10.7. The minimum absolute atomic E-state index is 0.730. The Morgan fingerprint density at radius 2 is 1.91 bits per heavy atom. The highest BCUT2D eigenvalue weighted by molar-refractivity contribution is 7.16. The Hall–Kier alpha value is -2.53. The van der Waals surface area contributed by atoms with Crippen molar-refractivity contribution >= 4 is 27.8 Å². The second-order valence-corrected chi connectivity index (χ2v) is 6.11. The second kappa shape index (κ2) is 6.07. The van der Waals surface area contributed by atoms with Gasteiger partial charge in [0.2, 0.25) is 0 Å². The minimum atomic E-state index is 0.730. The molecule has 1 aromatic heterocycles. The van der Waals surface area contributed by atoms with Crippen LogP contribution in [0.1, 0.15) is 4.88 Å². The molecule has 0 spiro atoms. The zero-order valence-corrected chi connectivity index (χ0v) is 13.3. The van der Waals surface area contributed by atoms with Crippen molar-refractivity contribution in [2.45, 2.75) is 6.92 Å². The molecule has 4 nitrogen and oxygen atoms in total. The lowest BCUT2D eigenvalue weighted by molar-refractivity contribution is 0.415. The summed E-state index contributed by atoms with van der Waals surface area (Å²) in [5.41, 5.74) is 9.53. The zero-order valence-electron chi connectivity index (χ0n) is 12.5. The van der Waals surface area contributed by atoms with Crippen molar-refractivity contribution < 1.29 is 4.74 Å². The van der Waals surface area contributed by atoms with Gasteiger partial charge in [0.05, 0.1) is 12.8 Å². The van der Waals surface area contributed by atoms with Crippen LogP contribution in [0.15, 0.2) is 48.5 Å². The number of nitrogens with one attached hydrogen (secondary N) is 1. The summed E-state index contributed by atoms with van der Waals surface area (Å²) < 4.78 is 5.19. The van der Waals surface area contributed by atoms with Crippen LogP contribution in [0.2, 0.25) is 0 Å². The quantitative estimate of drug-likeness (QED) is 0.699. The molecule has 3 aromatic rings. The van der Waals surface area contributed by atoms with Crippen LogP contribution >= 0.6 is 11.3 Å². The molecule has 0 unspecified atom stereocenters. The number of hydrogen-bond donors (Lipinski definition) is 2. The molecule has 1 heterocycles. The van der Waals surface area contributed by atoms with E-state index in [0.717, 1.165) is 38.4 Å². The second-order valence-electron chi connectivity index (χ2n) is 4.90. The van der Waals surface area contributed by atoms with Gasteiger partial charge in [-0.15, -0.1) is 11.3 Å². The van der Waals surface area contributed by atoms with Gasteiger partial charge in [-0.25, -0.2) is 4.98 Å². The van der Waals surface area contributed by atoms with Crippen molar-refractivity contribution in [3.05, 3.63) is 53.4 Å². The monoisotopic (exact) mass is 311 g/mol. The summed E-state index contributed by atoms with van der Waals surface area (Å²) in [4.78, 5) is 5.85. The molecule has 0 fully saturated rings. The molecule has 2 aromatic carbocycles. The van der Waals surface area contributed by atoms with Gasteiger partial charge in [0.15, 0.2) is 5.13 Å². The van der Waals surface area contributed by atoms with Crippen LogP contribution in [-0.4, -0.2) is 12.1 Å². The van der Waals surface area contributed by atoms with Crippen molar-refractivity contribution in [3.8, 4) is 17.0 Å². The number of benzene rings is 2. The molecule has 3 rings (SSSR count). The Morgan fingerprint density at radius 1 is 1.14 bits per heavy atom. The number of methoxy groups -OCH3 is 1. The largest absolute Gasteiger partial charge is 0.497 e. The maximum absolute atomic E-state index is 5.80. The van der Waals surface area contributed by atoms with Gasteiger partial charge in [-0.05, 0) is 49.4 Å². The number of thiazole rings is 1. The fourth-order valence-corrected chi connectivity index (χ4v) is 3.06. The predicted octanol–water partition coefficient (Wildman–Crippen LogP) is 4.45. The van der Waals surface area contributed by atoms with Gasteiger partial charge in [0.1, 0.15) is 5.75 Å². The van der Waals surface area contributed by atoms with E-state index in [9.17, 15) is 0 Å². The highest BCUT2D eigenvalue weighted by atomic mass is 32.1. The number of aromatic nitrogens is 1. The van der Waals surface area contributed by atoms with Crippen LogP contribution in [0.3, 0.4) is 0 Å². The maximum atomic E-state index is 5.80. The summed E-state index contributed by atoms with van der Waals surface area (Å²) in [5.74, 6) is 0.842. The van der Waals surface area contributed by atoms with E-state index < -0.39 is 0 Å². The minimum Gasteiger partial charge on any atom is -0.497 e. The van der Waals surface area contributed by atoms with Crippen LogP contribution in [0, 0.1) is 6.92 Å². The van der Waals surface area contributed by atoms with Crippen molar-refractivity contribution in [1.82, 2.24) is 4.98 Å². The Kier molecular flexibility index (Phi) is 3.98. The first-order valence-corrected chi connectivity index (χ1v) is 7.72. The molecule has 5 heteroatoms. The topological polar surface area (TPSA) is 60.2 Å². The van der Waals surface area contributed by atoms with Crippen LogP contribution in [-0.2, 0) is 0 Å². The third-order valence-corrected chi connectivity index (χ3v) is 4.18. The third kappa shape index (κ3) is 3.04. The van der Waals surface area contributed by atoms with Crippen LogP contribution in [0.4, 0.5) is 16.5 Å². The first kappa shape index (κ1) is 14.4. The highest BCUT2D eigenvalue weighted by Crippen LogP contribution is 2.32. The summed E-state index contributed by atoms with van der Waals surface area (Å²) in [6.45, 7) is 2.07. The summed E-state index contributed by atoms with van der Waals surface area (Å²) in [6.07, 6.45) is 0. The normalized spacial score (nSPS) is 10.5. The number of hydrogen-bond acceptors (Lipinski definition) is 5. The van der Waals surface area contributed by atoms with E-state index in [0.29, 0.717) is 0 Å². The number of nitrogen functional groups attached to an aromatic ring is 1. The lowest BCUT2D eigenvalue weighted by atomic mass is 10.1. The summed E-state index contributed by atoms with van der Waals surface area (Å²) in [7, 11) is 1.66. The van der Waals surface area contributed by atoms with Gasteiger partial charge >= 0.3 is 0 Å². The third-order valence-electron chi connectivity index (χ3n) is 3.30. The van der Waals surface area contributed by atoms with E-state index in [1.54, 1.807) is 18.4 Å². The molecular formula is C17H17N3OS. The van der Waals surface area contributed by atoms with Crippen LogP contribution in [0.5, 0.6) is 5.75 Å². The summed E-state index contributed by atoms with van der Waals surface area (Å²) >= 11 is 1.63. The van der Waals surface area contributed by atoms with E-state index >= 15 is 0 Å². The molecule has 0 aliphatic carbocycles. The number of aryl methyl sites for hydroxylation is 1. The van der Waals surface area contributed by atoms with Gasteiger partial charge in [-0.3, -0.25) is 0 Å². The molecule has 0 saturated heterocycles. The van der Waals surface area contributed by atoms with Crippen molar-refractivity contribution in [2.75, 3.05) is 18.2 Å². The summed E-state index contributed by atoms with van der Waals surface area (Å²) in [5, 5.41) is 4.16. The van der Waals surface area contributed by atoms with Gasteiger partial charge in [-0.1, -0.05) is 6.07 Å². The Bertz CT molecular complexity index is 781. The standard InChI is InChI=1S/C17H17N3OS/c1-11-16(12-6-8-15(21-2)9-7-12)20-17(22-11)19-14-5-3-4-13(18)10-14/h3-10H,18H2,1-2H3,(H,19,20). The first-order valence-electron chi connectivity index (χ1n) is 6.90. The van der Waals surface area contributed by atoms with Gasteiger partial charge in [0.25, 0.3) is 0 Å². The van der Waals surface area contributed by atoms with Crippen molar-refractivity contribution in [2.24, 2.45) is 0 Å². The van der Waals surface area contributed by atoms with Crippen molar-refractivity contribution in [3.63, 3.8) is 0 Å². The molecule has 0 aliphatic heterocycles. The van der Waals surface area contributed by atoms with Gasteiger partial charge < -0.3 is 15.8 Å². The number of nitrogens with two attached hydrogens (primary N) is 1. The number of anilines is 3. The Morgan fingerprint density at radius 3 is 2.59 bits per heavy atom. The molecule has 0 atom stereocenters. The molecular weight excluding hydrogens is 294 g/mol. The molecule has 0 bridgehead atoms. The smallest absolute Gasteiger partial charge is 0.187 e. The molecule has 0 aliphatic rings. The maximum Gasteiger partial charge on any atom is 0.187 e. The number of nitrogens with zero attached hydrogens (tertiary/aromatic N) is 1. The lowest BCUT2D eigenvalue weighted by Crippen LogP contribution is -1.91. The Labute approximate surface area is 133 Å². The number of ether oxygens (including phenoxy) is 1. The molecule has 22 heavy (non-hydrogen) atoms. The van der Waals surface area contributed by atoms with Gasteiger partial charge in [-0.2, -0.15) is 0 Å². The fourth-order valence-electron chi connectivity index (χ4n) is 2.21. The van der Waals surface area contributed by atoms with E-state index in [4.69, 9.17) is 10.5 Å². The average molecular weight is 311 g/mol.